The minimum atomic E-state index is -0.409. The maximum Gasteiger partial charge on any atom is 0.319 e. The van der Waals surface area contributed by atoms with Crippen LogP contribution < -0.4 is 16.4 Å². The molecule has 7 nitrogen and oxygen atoms in total. The van der Waals surface area contributed by atoms with Gasteiger partial charge in [0.15, 0.2) is 0 Å². The molecule has 1 aliphatic rings. The van der Waals surface area contributed by atoms with E-state index in [9.17, 15) is 14.4 Å². The van der Waals surface area contributed by atoms with Crippen LogP contribution in [0.2, 0.25) is 5.02 Å². The summed E-state index contributed by atoms with van der Waals surface area (Å²) in [6.45, 7) is 0.544. The van der Waals surface area contributed by atoms with Gasteiger partial charge in [-0.05, 0) is 36.8 Å². The first kappa shape index (κ1) is 17.8. The lowest BCUT2D eigenvalue weighted by Gasteiger charge is -2.14. The third kappa shape index (κ3) is 3.62. The fourth-order valence-corrected chi connectivity index (χ4v) is 2.84. The van der Waals surface area contributed by atoms with Crippen molar-refractivity contribution in [2.75, 3.05) is 24.1 Å². The second kappa shape index (κ2) is 7.45. The highest BCUT2D eigenvalue weighted by Gasteiger charge is 2.34. The Morgan fingerprint density at radius 1 is 1.08 bits per heavy atom. The van der Waals surface area contributed by atoms with Crippen molar-refractivity contribution in [1.82, 2.24) is 10.2 Å². The van der Waals surface area contributed by atoms with Crippen LogP contribution in [-0.4, -0.2) is 35.8 Å². The van der Waals surface area contributed by atoms with Crippen molar-refractivity contribution in [3.05, 3.63) is 58.6 Å². The second-order valence-corrected chi connectivity index (χ2v) is 6.19. The van der Waals surface area contributed by atoms with Crippen LogP contribution in [0.1, 0.15) is 27.1 Å². The molecule has 0 aromatic heterocycles. The molecule has 8 heteroatoms. The zero-order valence-electron chi connectivity index (χ0n) is 13.8. The highest BCUT2D eigenvalue weighted by Crippen LogP contribution is 2.23. The van der Waals surface area contributed by atoms with Crippen LogP contribution >= 0.6 is 11.6 Å². The first-order valence-electron chi connectivity index (χ1n) is 8.02. The van der Waals surface area contributed by atoms with Crippen LogP contribution in [0.25, 0.3) is 0 Å². The van der Waals surface area contributed by atoms with E-state index in [4.69, 9.17) is 17.3 Å². The van der Waals surface area contributed by atoms with E-state index in [0.29, 0.717) is 40.5 Å². The molecule has 134 valence electrons. The normalized spacial score (nSPS) is 12.9. The maximum atomic E-state index is 12.2. The van der Waals surface area contributed by atoms with Gasteiger partial charge in [0, 0.05) is 18.8 Å². The fraction of sp³-hybridized carbons (Fsp3) is 0.167. The van der Waals surface area contributed by atoms with Gasteiger partial charge in [-0.3, -0.25) is 14.5 Å². The van der Waals surface area contributed by atoms with Crippen molar-refractivity contribution < 1.29 is 14.4 Å². The van der Waals surface area contributed by atoms with Crippen LogP contribution in [0.4, 0.5) is 16.2 Å². The lowest BCUT2D eigenvalue weighted by Crippen LogP contribution is -2.35. The summed E-state index contributed by atoms with van der Waals surface area (Å²) >= 11 is 5.90. The smallest absolute Gasteiger partial charge is 0.319 e. The number of fused-ring (bicyclic) bond motifs is 1. The Labute approximate surface area is 155 Å². The number of carbonyl (C=O) groups excluding carboxylic acids is 3. The third-order valence-electron chi connectivity index (χ3n) is 3.98. The fourth-order valence-electron chi connectivity index (χ4n) is 2.66. The molecule has 3 rings (SSSR count). The molecule has 0 spiro atoms. The first-order valence-corrected chi connectivity index (χ1v) is 8.40. The summed E-state index contributed by atoms with van der Waals surface area (Å²) in [6, 6.07) is 11.1. The zero-order valence-corrected chi connectivity index (χ0v) is 14.5. The van der Waals surface area contributed by atoms with Gasteiger partial charge in [-0.25, -0.2) is 4.79 Å². The van der Waals surface area contributed by atoms with E-state index in [2.05, 4.69) is 10.6 Å². The zero-order chi connectivity index (χ0) is 18.7. The number of nitrogens with one attached hydrogen (secondary N) is 2. The molecule has 1 aliphatic heterocycles. The lowest BCUT2D eigenvalue weighted by atomic mass is 10.1. The molecule has 0 bridgehead atoms. The van der Waals surface area contributed by atoms with E-state index in [0.717, 1.165) is 0 Å². The number of anilines is 2. The number of amides is 4. The van der Waals surface area contributed by atoms with Gasteiger partial charge in [-0.2, -0.15) is 0 Å². The first-order chi connectivity index (χ1) is 12.5. The summed E-state index contributed by atoms with van der Waals surface area (Å²) in [4.78, 5) is 37.5. The number of benzene rings is 2. The van der Waals surface area contributed by atoms with E-state index in [1.807, 2.05) is 0 Å². The van der Waals surface area contributed by atoms with Gasteiger partial charge in [-0.15, -0.1) is 0 Å². The largest absolute Gasteiger partial charge is 0.398 e. The van der Waals surface area contributed by atoms with E-state index < -0.39 is 6.03 Å². The lowest BCUT2D eigenvalue weighted by molar-refractivity contribution is 0.0653. The Morgan fingerprint density at radius 2 is 1.73 bits per heavy atom. The standard InChI is InChI=1S/C18H17ClN4O3/c19-14-10-11(6-7-15(14)20)22-18(26)21-8-3-9-23-16(24)12-4-1-2-5-13(12)17(23)25/h1-2,4-7,10H,3,8-9,20H2,(H2,21,22,26). The molecular weight excluding hydrogens is 356 g/mol. The number of imide groups is 1. The van der Waals surface area contributed by atoms with Gasteiger partial charge < -0.3 is 16.4 Å². The van der Waals surface area contributed by atoms with Gasteiger partial charge in [0.25, 0.3) is 11.8 Å². The summed E-state index contributed by atoms with van der Waals surface area (Å²) < 4.78 is 0. The summed E-state index contributed by atoms with van der Waals surface area (Å²) in [6.07, 6.45) is 0.446. The number of halogens is 1. The molecule has 0 atom stereocenters. The highest BCUT2D eigenvalue weighted by molar-refractivity contribution is 6.33. The molecule has 0 fully saturated rings. The molecule has 2 aromatic carbocycles. The van der Waals surface area contributed by atoms with Crippen molar-refractivity contribution in [1.29, 1.82) is 0 Å². The summed E-state index contributed by atoms with van der Waals surface area (Å²) in [5.41, 5.74) is 7.40. The molecule has 1 heterocycles. The number of urea groups is 1. The average molecular weight is 373 g/mol. The van der Waals surface area contributed by atoms with E-state index in [1.165, 1.54) is 4.90 Å². The number of hydrogen-bond donors (Lipinski definition) is 3. The summed E-state index contributed by atoms with van der Waals surface area (Å²) in [5.74, 6) is -0.599. The second-order valence-electron chi connectivity index (χ2n) is 5.78. The molecule has 0 aliphatic carbocycles. The van der Waals surface area contributed by atoms with Gasteiger partial charge in [-0.1, -0.05) is 23.7 Å². The van der Waals surface area contributed by atoms with Gasteiger partial charge >= 0.3 is 6.03 Å². The average Bonchev–Trinajstić information content (AvgIpc) is 2.87. The molecule has 4 N–H and O–H groups in total. The number of rotatable bonds is 5. The Balaban J connectivity index is 1.46. The van der Waals surface area contributed by atoms with E-state index in [1.54, 1.807) is 42.5 Å². The molecule has 26 heavy (non-hydrogen) atoms. The van der Waals surface area contributed by atoms with Crippen LogP contribution in [0.3, 0.4) is 0 Å². The Hall–Kier alpha value is -3.06. The predicted octanol–water partition coefficient (Wildman–Crippen LogP) is 2.73. The van der Waals surface area contributed by atoms with Gasteiger partial charge in [0.05, 0.1) is 21.8 Å². The van der Waals surface area contributed by atoms with Crippen molar-refractivity contribution in [3.63, 3.8) is 0 Å². The Bertz CT molecular complexity index is 849. The monoisotopic (exact) mass is 372 g/mol. The number of nitrogens with two attached hydrogens (primary N) is 1. The van der Waals surface area contributed by atoms with Crippen LogP contribution in [0.15, 0.2) is 42.5 Å². The number of nitrogens with zero attached hydrogens (tertiary/aromatic N) is 1. The SMILES string of the molecule is Nc1ccc(NC(=O)NCCCN2C(=O)c3ccccc3C2=O)cc1Cl. The molecule has 0 saturated carbocycles. The number of nitrogen functional groups attached to an aromatic ring is 1. The number of hydrogen-bond acceptors (Lipinski definition) is 4. The minimum absolute atomic E-state index is 0.236. The molecule has 4 amide bonds. The molecule has 0 saturated heterocycles. The highest BCUT2D eigenvalue weighted by atomic mass is 35.5. The van der Waals surface area contributed by atoms with Crippen LogP contribution in [0.5, 0.6) is 0 Å². The molecule has 0 unspecified atom stereocenters. The van der Waals surface area contributed by atoms with Crippen LogP contribution in [0, 0.1) is 0 Å². The van der Waals surface area contributed by atoms with Gasteiger partial charge in [0.1, 0.15) is 0 Å². The van der Waals surface area contributed by atoms with E-state index in [-0.39, 0.29) is 18.4 Å². The minimum Gasteiger partial charge on any atom is -0.398 e. The van der Waals surface area contributed by atoms with Crippen molar-refractivity contribution in [2.24, 2.45) is 0 Å². The third-order valence-corrected chi connectivity index (χ3v) is 4.31. The van der Waals surface area contributed by atoms with Gasteiger partial charge in [0.2, 0.25) is 0 Å². The Kier molecular flexibility index (Phi) is 5.09. The predicted molar refractivity (Wildman–Crippen MR) is 99.3 cm³/mol. The number of carbonyl (C=O) groups is 3. The summed E-state index contributed by atoms with van der Waals surface area (Å²) in [5, 5.41) is 5.65. The maximum absolute atomic E-state index is 12.2. The van der Waals surface area contributed by atoms with Crippen molar-refractivity contribution in [2.45, 2.75) is 6.42 Å². The molecular formula is C18H17ClN4O3. The van der Waals surface area contributed by atoms with E-state index >= 15 is 0 Å². The van der Waals surface area contributed by atoms with Crippen molar-refractivity contribution in [3.8, 4) is 0 Å². The van der Waals surface area contributed by atoms with Crippen LogP contribution in [-0.2, 0) is 0 Å². The topological polar surface area (TPSA) is 105 Å². The Morgan fingerprint density at radius 3 is 2.35 bits per heavy atom. The quantitative estimate of drug-likeness (QED) is 0.426. The van der Waals surface area contributed by atoms with Crippen molar-refractivity contribution >= 4 is 40.8 Å². The summed E-state index contributed by atoms with van der Waals surface area (Å²) in [7, 11) is 0. The molecule has 0 radical (unpaired) electrons. The molecule has 2 aromatic rings.